The smallest absolute Gasteiger partial charge is 0.870 e. The van der Waals surface area contributed by atoms with Crippen LogP contribution in [0.5, 0.6) is 23.0 Å². The van der Waals surface area contributed by atoms with Crippen LogP contribution in [-0.4, -0.2) is 145 Å². The molecular weight excluding hydrogens is 1510 g/mol. The third-order valence-corrected chi connectivity index (χ3v) is 18.2. The zero-order chi connectivity index (χ0) is 65.1. The molecule has 0 unspecified atom stereocenters. The van der Waals surface area contributed by atoms with E-state index in [9.17, 15) is 110 Å². The molecule has 1 amide bonds. The summed E-state index contributed by atoms with van der Waals surface area (Å²) in [5.74, 6) is -6.64. The number of ether oxygens (including phenoxy) is 2. The number of rotatable bonds is 22. The van der Waals surface area contributed by atoms with Crippen LogP contribution in [0.25, 0.3) is 21.5 Å². The first kappa shape index (κ1) is 94.4. The Morgan fingerprint density at radius 1 is 0.511 bits per heavy atom. The van der Waals surface area contributed by atoms with Crippen molar-refractivity contribution in [2.45, 2.75) is 43.2 Å². The number of carbonyl (C=O) groups excluding carboxylic acids is 1. The second-order valence-electron chi connectivity index (χ2n) is 16.6. The van der Waals surface area contributed by atoms with Gasteiger partial charge in [0.1, 0.15) is 48.0 Å². The standard InChI is InChI=1S/2C21H21N3O15S4.3K.3Na/c2*1-11(25)22-16-10-14(41(29,30)31)7-12-8-18(42(32,33)34)20(21(26)19(12)16)24-23-15-9-13(3-4-17(15)38-2)40(27,28)6-5-39-43(35,36)37;;;;;;/h2*3-4,7-10,26H,5-6H2,1-2H3,(H,22,25)(H,29,30,31)(H,32,33,34)(H,35,36,37);;;;;;/q;;6*+1/p-6. The van der Waals surface area contributed by atoms with Crippen molar-refractivity contribution in [2.24, 2.45) is 25.4 Å². The predicted octanol–water partition coefficient (Wildman–Crippen LogP) is -16.8. The minimum atomic E-state index is -5.55. The molecule has 0 atom stereocenters. The summed E-state index contributed by atoms with van der Waals surface area (Å²) in [6, 6.07) is 9.62. The summed E-state index contributed by atoms with van der Waals surface area (Å²) >= 11 is 0. The number of aliphatic imine (C=N–C) groups is 1. The Kier molecular flexibility index (Phi) is 38.9. The number of methoxy groups -OCH3 is 2. The minimum Gasteiger partial charge on any atom is -0.870 e. The van der Waals surface area contributed by atoms with E-state index in [1.165, 1.54) is 0 Å². The molecule has 92 heavy (non-hydrogen) atoms. The molecule has 4 N–H and O–H groups in total. The summed E-state index contributed by atoms with van der Waals surface area (Å²) in [6.07, 6.45) is 0. The summed E-state index contributed by atoms with van der Waals surface area (Å²) in [5, 5.41) is 53.0. The molecule has 36 nitrogen and oxygen atoms in total. The van der Waals surface area contributed by atoms with Gasteiger partial charge in [0.25, 0.3) is 20.2 Å². The maximum absolute atomic E-state index is 13.5. The summed E-state index contributed by atoms with van der Waals surface area (Å²) in [4.78, 5) is 9.90. The SMILES string of the molecule is COc1ccc(S(=O)(=O)CCOS(=O)(=O)O)cc1N=Nc1c(S(=O)(=O)O)cc2cc(S(=O)(=O)O)cc(NC(C)=O)c2c1[O-].COc1ccc(S(=O)(=O)CCOS(=O)(=O)[O-])cc1N=Nc1c(S(=O)(=O)[O-])cc2cc(S(=O)(=O)[O-])cc(N=C(C)[O-])c2c1[O-].[K+].[K+].[K+].[Na+].[Na+].[Na+]. The first-order valence-electron chi connectivity index (χ1n) is 22.2. The van der Waals surface area contributed by atoms with E-state index in [0.717, 1.165) is 70.5 Å². The molecule has 0 aliphatic carbocycles. The van der Waals surface area contributed by atoms with Crippen molar-refractivity contribution in [3.63, 3.8) is 0 Å². The number of fused-ring (bicyclic) bond motifs is 2. The first-order valence-corrected chi connectivity index (χ1v) is 33.8. The molecule has 0 saturated carbocycles. The van der Waals surface area contributed by atoms with Crippen LogP contribution in [0.2, 0.25) is 0 Å². The molecule has 0 heterocycles. The topological polar surface area (TPSA) is 600 Å². The number of anilines is 1. The number of hydrogen-bond acceptors (Lipinski definition) is 32. The number of azo groups is 2. The van der Waals surface area contributed by atoms with Crippen molar-refractivity contribution in [3.8, 4) is 23.0 Å². The fourth-order valence-corrected chi connectivity index (χ4v) is 12.5. The third kappa shape index (κ3) is 26.7. The number of nitrogens with one attached hydrogen (secondary N) is 1. The minimum absolute atomic E-state index is 0. The van der Waals surface area contributed by atoms with Gasteiger partial charge in [-0.05, 0) is 102 Å². The van der Waals surface area contributed by atoms with Crippen LogP contribution in [0.1, 0.15) is 13.8 Å². The van der Waals surface area contributed by atoms with Crippen molar-refractivity contribution in [1.29, 1.82) is 0 Å². The molecule has 0 fully saturated rings. The molecule has 0 radical (unpaired) electrons. The van der Waals surface area contributed by atoms with Gasteiger partial charge >= 0.3 is 253 Å². The molecule has 0 aromatic heterocycles. The van der Waals surface area contributed by atoms with E-state index in [4.69, 9.17) is 14.0 Å². The van der Waals surface area contributed by atoms with E-state index in [1.54, 1.807) is 0 Å². The average Bonchev–Trinajstić information content (AvgIpc) is 0.760. The number of sulfone groups is 2. The molecule has 468 valence electrons. The predicted molar refractivity (Wildman–Crippen MR) is 281 cm³/mol. The van der Waals surface area contributed by atoms with Gasteiger partial charge in [-0.15, -0.1) is 20.5 Å². The van der Waals surface area contributed by atoms with Crippen LogP contribution in [0.3, 0.4) is 0 Å². The number of nitrogens with zero attached hydrogens (tertiary/aromatic N) is 5. The second kappa shape index (κ2) is 37.9. The molecule has 6 rings (SSSR count). The van der Waals surface area contributed by atoms with Gasteiger partial charge in [-0.3, -0.25) is 27.6 Å². The molecular formula is C42H36K3N6Na3O30S8. The van der Waals surface area contributed by atoms with Gasteiger partial charge in [-0.2, -0.15) is 25.3 Å². The van der Waals surface area contributed by atoms with Gasteiger partial charge < -0.3 is 43.8 Å². The van der Waals surface area contributed by atoms with Crippen molar-refractivity contribution in [1.82, 2.24) is 0 Å². The van der Waals surface area contributed by atoms with Crippen molar-refractivity contribution in [2.75, 3.05) is 44.3 Å². The van der Waals surface area contributed by atoms with E-state index in [2.05, 4.69) is 39.1 Å². The van der Waals surface area contributed by atoms with E-state index in [-0.39, 0.29) is 254 Å². The van der Waals surface area contributed by atoms with Crippen LogP contribution in [0.4, 0.5) is 34.1 Å². The number of benzene rings is 6. The summed E-state index contributed by atoms with van der Waals surface area (Å²) in [5.41, 5.74) is -4.18. The Bertz CT molecular complexity index is 4840. The van der Waals surface area contributed by atoms with Gasteiger partial charge in [0.15, 0.2) is 19.7 Å². The Morgan fingerprint density at radius 3 is 1.32 bits per heavy atom. The quantitative estimate of drug-likeness (QED) is 0.0122. The van der Waals surface area contributed by atoms with Crippen LogP contribution in [0.15, 0.2) is 128 Å². The molecule has 0 bridgehead atoms. The van der Waals surface area contributed by atoms with Crippen molar-refractivity contribution in [3.05, 3.63) is 72.8 Å². The Balaban J connectivity index is 0. The molecule has 0 aliphatic heterocycles. The fourth-order valence-electron chi connectivity index (χ4n) is 7.10. The molecule has 6 aromatic rings. The molecule has 0 aliphatic rings. The monoisotopic (exact) mass is 1550 g/mol. The van der Waals surface area contributed by atoms with E-state index >= 15 is 0 Å². The number of carbonyl (C=O) groups is 1. The molecule has 50 heteroatoms. The van der Waals surface area contributed by atoms with Crippen molar-refractivity contribution < 1.29 is 375 Å². The van der Waals surface area contributed by atoms with Gasteiger partial charge in [-0.25, -0.2) is 46.3 Å². The second-order valence-corrected chi connectivity index (χ2v) is 28.5. The van der Waals surface area contributed by atoms with Crippen LogP contribution >= 0.6 is 0 Å². The Morgan fingerprint density at radius 2 is 0.924 bits per heavy atom. The Hall–Kier alpha value is 0.369. The first-order chi connectivity index (χ1) is 39.3. The van der Waals surface area contributed by atoms with Crippen LogP contribution in [-0.2, 0) is 94.1 Å². The van der Waals surface area contributed by atoms with E-state index in [1.807, 2.05) is 0 Å². The molecule has 6 aromatic carbocycles. The fraction of sp³-hybridized carbons (Fsp3) is 0.190. The van der Waals surface area contributed by atoms with Gasteiger partial charge in [0.2, 0.25) is 16.3 Å². The van der Waals surface area contributed by atoms with E-state index in [0.29, 0.717) is 30.3 Å². The zero-order valence-corrected chi connectivity index (χ0v) is 71.0. The zero-order valence-electron chi connectivity index (χ0n) is 49.1. The van der Waals surface area contributed by atoms with Gasteiger partial charge in [0.05, 0.1) is 80.5 Å². The van der Waals surface area contributed by atoms with Gasteiger partial charge in [0, 0.05) is 18.0 Å². The van der Waals surface area contributed by atoms with Crippen molar-refractivity contribution >= 4 is 148 Å². The van der Waals surface area contributed by atoms with Crippen LogP contribution < -0.4 is 273 Å². The average molecular weight is 1550 g/mol. The Labute approximate surface area is 718 Å². The third-order valence-electron chi connectivity index (χ3n) is 10.6. The maximum Gasteiger partial charge on any atom is 1.00 e. The van der Waals surface area contributed by atoms with Crippen LogP contribution in [0, 0.1) is 0 Å². The van der Waals surface area contributed by atoms with E-state index < -0.39 is 214 Å². The molecule has 0 spiro atoms. The largest absolute Gasteiger partial charge is 1.00 e. The summed E-state index contributed by atoms with van der Waals surface area (Å²) < 4.78 is 268. The maximum atomic E-state index is 13.5. The number of hydrogen-bond donors (Lipinski definition) is 4. The summed E-state index contributed by atoms with van der Waals surface area (Å²) in [6.45, 7) is -0.0493. The normalized spacial score (nSPS) is 12.4. The van der Waals surface area contributed by atoms with Gasteiger partial charge in [-0.1, -0.05) is 11.5 Å². The number of amides is 1. The molecule has 0 saturated heterocycles. The summed E-state index contributed by atoms with van der Waals surface area (Å²) in [7, 11) is -37.4.